The highest BCUT2D eigenvalue weighted by Gasteiger charge is 2.39. The Bertz CT molecular complexity index is 502. The fourth-order valence-electron chi connectivity index (χ4n) is 3.08. The Hall–Kier alpha value is -1.68. The maximum atomic E-state index is 7.57. The number of piperazine rings is 1. The van der Waals surface area contributed by atoms with Crippen molar-refractivity contribution in [2.75, 3.05) is 33.3 Å². The van der Waals surface area contributed by atoms with Crippen LogP contribution in [0.1, 0.15) is 18.1 Å². The fourth-order valence-corrected chi connectivity index (χ4v) is 3.08. The first-order chi connectivity index (χ1) is 10.8. The zero-order valence-corrected chi connectivity index (χ0v) is 13.5. The molecule has 0 atom stereocenters. The van der Waals surface area contributed by atoms with Gasteiger partial charge in [-0.05, 0) is 25.1 Å². The summed E-state index contributed by atoms with van der Waals surface area (Å²) in [5.41, 5.74) is 2.66. The van der Waals surface area contributed by atoms with E-state index in [0.29, 0.717) is 0 Å². The minimum Gasteiger partial charge on any atom is -0.397 e. The molecule has 0 unspecified atom stereocenters. The second-order valence-corrected chi connectivity index (χ2v) is 5.51. The molecule has 2 aromatic carbocycles. The Morgan fingerprint density at radius 2 is 1.45 bits per heavy atom. The third kappa shape index (κ3) is 3.38. The van der Waals surface area contributed by atoms with Crippen molar-refractivity contribution in [3.8, 4) is 0 Å². The van der Waals surface area contributed by atoms with Crippen LogP contribution < -0.4 is 5.32 Å². The van der Waals surface area contributed by atoms with E-state index in [9.17, 15) is 0 Å². The molecule has 0 spiro atoms. The number of aliphatic hydroxyl groups is 1. The molecule has 3 nitrogen and oxygen atoms in total. The summed E-state index contributed by atoms with van der Waals surface area (Å²) in [7, 11) is 2.22. The predicted molar refractivity (Wildman–Crippen MR) is 91.9 cm³/mol. The van der Waals surface area contributed by atoms with Crippen molar-refractivity contribution >= 4 is 0 Å². The van der Waals surface area contributed by atoms with Crippen LogP contribution in [0.25, 0.3) is 0 Å². The largest absolute Gasteiger partial charge is 0.397 e. The highest BCUT2D eigenvalue weighted by Crippen LogP contribution is 2.35. The molecule has 22 heavy (non-hydrogen) atoms. The van der Waals surface area contributed by atoms with Crippen LogP contribution in [0, 0.1) is 0 Å². The number of benzene rings is 2. The highest BCUT2D eigenvalue weighted by atomic mass is 16.2. The molecule has 1 saturated heterocycles. The summed E-state index contributed by atoms with van der Waals surface area (Å²) in [6.07, 6.45) is 0. The molecule has 2 N–H and O–H groups in total. The van der Waals surface area contributed by atoms with Gasteiger partial charge in [-0.1, -0.05) is 60.7 Å². The van der Waals surface area contributed by atoms with Crippen LogP contribution in [-0.2, 0) is 5.54 Å². The minimum atomic E-state index is -0.0548. The van der Waals surface area contributed by atoms with E-state index in [-0.39, 0.29) is 12.1 Å². The quantitative estimate of drug-likeness (QED) is 0.894. The Morgan fingerprint density at radius 1 is 1.00 bits per heavy atom. The van der Waals surface area contributed by atoms with Crippen LogP contribution in [0.4, 0.5) is 0 Å². The van der Waals surface area contributed by atoms with Gasteiger partial charge in [0.1, 0.15) is 0 Å². The summed E-state index contributed by atoms with van der Waals surface area (Å²) in [5, 5.41) is 11.1. The third-order valence-electron chi connectivity index (χ3n) is 4.16. The molecule has 1 heterocycles. The van der Waals surface area contributed by atoms with Crippen molar-refractivity contribution in [3.63, 3.8) is 0 Å². The molecule has 2 aromatic rings. The first kappa shape index (κ1) is 16.7. The number of hydrogen-bond donors (Lipinski definition) is 2. The van der Waals surface area contributed by atoms with Crippen molar-refractivity contribution in [1.82, 2.24) is 10.2 Å². The number of hydrogen-bond acceptors (Lipinski definition) is 3. The molecule has 3 rings (SSSR count). The average molecular weight is 298 g/mol. The van der Waals surface area contributed by atoms with E-state index in [2.05, 4.69) is 77.9 Å². The van der Waals surface area contributed by atoms with E-state index in [1.54, 1.807) is 6.92 Å². The lowest BCUT2D eigenvalue weighted by Gasteiger charge is -2.46. The highest BCUT2D eigenvalue weighted by molar-refractivity contribution is 5.39. The van der Waals surface area contributed by atoms with Crippen molar-refractivity contribution in [3.05, 3.63) is 71.8 Å². The van der Waals surface area contributed by atoms with Gasteiger partial charge in [0.05, 0.1) is 5.54 Å². The van der Waals surface area contributed by atoms with Gasteiger partial charge in [-0.15, -0.1) is 0 Å². The summed E-state index contributed by atoms with van der Waals surface area (Å²) < 4.78 is 0. The van der Waals surface area contributed by atoms with E-state index in [4.69, 9.17) is 5.11 Å². The molecule has 118 valence electrons. The summed E-state index contributed by atoms with van der Waals surface area (Å²) in [4.78, 5) is 2.47. The summed E-state index contributed by atoms with van der Waals surface area (Å²) >= 11 is 0. The standard InChI is InChI=1S/C17H20N2.C2H6O/c1-19-13-12-18-14-17(19,15-8-4-2-5-9-15)16-10-6-3-7-11-16;1-2-3/h2-11,18H,12-14H2,1H3;3H,2H2,1H3. The monoisotopic (exact) mass is 298 g/mol. The minimum absolute atomic E-state index is 0.0548. The first-order valence-corrected chi connectivity index (χ1v) is 7.89. The molecule has 1 aliphatic heterocycles. The van der Waals surface area contributed by atoms with Gasteiger partial charge in [0, 0.05) is 26.2 Å². The van der Waals surface area contributed by atoms with Crippen molar-refractivity contribution in [2.24, 2.45) is 0 Å². The lowest BCUT2D eigenvalue weighted by molar-refractivity contribution is 0.124. The molecular formula is C19H26N2O. The number of likely N-dealkylation sites (N-methyl/N-ethyl adjacent to an activating group) is 1. The Morgan fingerprint density at radius 3 is 1.86 bits per heavy atom. The fraction of sp³-hybridized carbons (Fsp3) is 0.368. The van der Waals surface area contributed by atoms with Crippen LogP contribution in [0.5, 0.6) is 0 Å². The van der Waals surface area contributed by atoms with Gasteiger partial charge in [0.25, 0.3) is 0 Å². The molecule has 0 bridgehead atoms. The Kier molecular flexibility index (Phi) is 6.13. The first-order valence-electron chi connectivity index (χ1n) is 7.89. The number of nitrogens with zero attached hydrogens (tertiary/aromatic N) is 1. The average Bonchev–Trinajstić information content (AvgIpc) is 2.58. The molecule has 0 radical (unpaired) electrons. The van der Waals surface area contributed by atoms with Crippen LogP contribution >= 0.6 is 0 Å². The summed E-state index contributed by atoms with van der Waals surface area (Å²) in [6, 6.07) is 21.6. The number of rotatable bonds is 2. The second kappa shape index (κ2) is 8.08. The Labute approximate surface area is 133 Å². The van der Waals surface area contributed by atoms with E-state index < -0.39 is 0 Å². The predicted octanol–water partition coefficient (Wildman–Crippen LogP) is 2.46. The van der Waals surface area contributed by atoms with Crippen molar-refractivity contribution in [2.45, 2.75) is 12.5 Å². The van der Waals surface area contributed by atoms with Gasteiger partial charge >= 0.3 is 0 Å². The third-order valence-corrected chi connectivity index (χ3v) is 4.16. The van der Waals surface area contributed by atoms with E-state index in [1.807, 2.05) is 0 Å². The number of aliphatic hydroxyl groups excluding tert-OH is 1. The van der Waals surface area contributed by atoms with Crippen LogP contribution in [0.15, 0.2) is 60.7 Å². The van der Waals surface area contributed by atoms with Gasteiger partial charge in [-0.2, -0.15) is 0 Å². The lowest BCUT2D eigenvalue weighted by atomic mass is 9.80. The van der Waals surface area contributed by atoms with Crippen LogP contribution in [0.3, 0.4) is 0 Å². The molecule has 1 aliphatic rings. The molecule has 0 aromatic heterocycles. The summed E-state index contributed by atoms with van der Waals surface area (Å²) in [6.45, 7) is 5.00. The van der Waals surface area contributed by atoms with Crippen molar-refractivity contribution in [1.29, 1.82) is 0 Å². The molecule has 0 aliphatic carbocycles. The normalized spacial score (nSPS) is 17.4. The second-order valence-electron chi connectivity index (χ2n) is 5.51. The zero-order valence-electron chi connectivity index (χ0n) is 13.5. The maximum absolute atomic E-state index is 7.57. The zero-order chi connectivity index (χ0) is 15.8. The van der Waals surface area contributed by atoms with Gasteiger partial charge in [0.2, 0.25) is 0 Å². The Balaban J connectivity index is 0.000000545. The smallest absolute Gasteiger partial charge is 0.0840 e. The maximum Gasteiger partial charge on any atom is 0.0840 e. The van der Waals surface area contributed by atoms with E-state index >= 15 is 0 Å². The molecule has 3 heteroatoms. The van der Waals surface area contributed by atoms with Crippen LogP contribution in [0.2, 0.25) is 0 Å². The van der Waals surface area contributed by atoms with E-state index in [0.717, 1.165) is 19.6 Å². The van der Waals surface area contributed by atoms with Crippen molar-refractivity contribution < 1.29 is 5.11 Å². The molecule has 0 saturated carbocycles. The van der Waals surface area contributed by atoms with Crippen LogP contribution in [-0.4, -0.2) is 43.3 Å². The SMILES string of the molecule is CCO.CN1CCNCC1(c1ccccc1)c1ccccc1. The molecular weight excluding hydrogens is 272 g/mol. The lowest BCUT2D eigenvalue weighted by Crippen LogP contribution is -2.58. The molecule has 0 amide bonds. The van der Waals surface area contributed by atoms with Gasteiger partial charge in [0.15, 0.2) is 0 Å². The number of nitrogens with one attached hydrogen (secondary N) is 1. The summed E-state index contributed by atoms with van der Waals surface area (Å²) in [5.74, 6) is 0. The van der Waals surface area contributed by atoms with Gasteiger partial charge in [-0.25, -0.2) is 0 Å². The van der Waals surface area contributed by atoms with Gasteiger partial charge < -0.3 is 10.4 Å². The molecule has 1 fully saturated rings. The van der Waals surface area contributed by atoms with E-state index in [1.165, 1.54) is 11.1 Å². The van der Waals surface area contributed by atoms with Gasteiger partial charge in [-0.3, -0.25) is 4.90 Å². The topological polar surface area (TPSA) is 35.5 Å².